The van der Waals surface area contributed by atoms with E-state index < -0.39 is 5.97 Å². The van der Waals surface area contributed by atoms with Crippen LogP contribution < -0.4 is 5.32 Å². The molecule has 0 spiro atoms. The molecular formula is C14H12ClNO3S2. The third kappa shape index (κ3) is 4.77. The predicted molar refractivity (Wildman–Crippen MR) is 87.5 cm³/mol. The van der Waals surface area contributed by atoms with Crippen molar-refractivity contribution in [1.29, 1.82) is 0 Å². The third-order valence-electron chi connectivity index (χ3n) is 2.54. The number of carboxylic acid groups (broad SMARTS) is 1. The normalized spacial score (nSPS) is 10.3. The van der Waals surface area contributed by atoms with E-state index in [1.165, 1.54) is 34.8 Å². The van der Waals surface area contributed by atoms with Crippen LogP contribution in [0, 0.1) is 0 Å². The van der Waals surface area contributed by atoms with Gasteiger partial charge in [-0.2, -0.15) is 0 Å². The van der Waals surface area contributed by atoms with Crippen LogP contribution in [0.2, 0.25) is 5.02 Å². The number of carbonyl (C=O) groups excluding carboxylic acids is 1. The van der Waals surface area contributed by atoms with Crippen molar-refractivity contribution in [3.63, 3.8) is 0 Å². The molecule has 1 aromatic carbocycles. The first-order valence-corrected chi connectivity index (χ1v) is 8.40. The van der Waals surface area contributed by atoms with Gasteiger partial charge in [0, 0.05) is 10.6 Å². The lowest BCUT2D eigenvalue weighted by molar-refractivity contribution is -0.113. The summed E-state index contributed by atoms with van der Waals surface area (Å²) in [6.45, 7) is 0. The number of aromatic carboxylic acids is 1. The highest BCUT2D eigenvalue weighted by molar-refractivity contribution is 7.99. The van der Waals surface area contributed by atoms with E-state index in [9.17, 15) is 9.59 Å². The second-order valence-electron chi connectivity index (χ2n) is 4.12. The zero-order valence-corrected chi connectivity index (χ0v) is 13.2. The smallest absolute Gasteiger partial charge is 0.335 e. The monoisotopic (exact) mass is 341 g/mol. The molecule has 2 aromatic rings. The molecule has 1 heterocycles. The van der Waals surface area contributed by atoms with Crippen molar-refractivity contribution in [3.05, 3.63) is 51.2 Å². The SMILES string of the molecule is O=C(CSCc1cccs1)Nc1cc(C(=O)O)ccc1Cl. The molecule has 0 unspecified atom stereocenters. The van der Waals surface area contributed by atoms with Gasteiger partial charge < -0.3 is 10.4 Å². The Balaban J connectivity index is 1.90. The summed E-state index contributed by atoms with van der Waals surface area (Å²) in [5, 5.41) is 13.9. The Bertz CT molecular complexity index is 644. The van der Waals surface area contributed by atoms with Gasteiger partial charge in [-0.05, 0) is 29.6 Å². The molecule has 110 valence electrons. The van der Waals surface area contributed by atoms with Gasteiger partial charge in [-0.3, -0.25) is 4.79 Å². The van der Waals surface area contributed by atoms with Crippen LogP contribution in [0.5, 0.6) is 0 Å². The van der Waals surface area contributed by atoms with Gasteiger partial charge in [0.2, 0.25) is 5.91 Å². The summed E-state index contributed by atoms with van der Waals surface area (Å²) in [4.78, 5) is 23.9. The molecule has 0 atom stereocenters. The van der Waals surface area contributed by atoms with E-state index >= 15 is 0 Å². The highest BCUT2D eigenvalue weighted by Gasteiger charge is 2.10. The van der Waals surface area contributed by atoms with Crippen molar-refractivity contribution in [2.24, 2.45) is 0 Å². The molecule has 0 fully saturated rings. The summed E-state index contributed by atoms with van der Waals surface area (Å²) in [6, 6.07) is 8.19. The molecule has 1 amide bonds. The van der Waals surface area contributed by atoms with E-state index in [1.807, 2.05) is 17.5 Å². The number of halogens is 1. The number of hydrogen-bond donors (Lipinski definition) is 2. The number of carbonyl (C=O) groups is 2. The van der Waals surface area contributed by atoms with Crippen molar-refractivity contribution in [2.45, 2.75) is 5.75 Å². The van der Waals surface area contributed by atoms with E-state index in [0.29, 0.717) is 10.7 Å². The fraction of sp³-hybridized carbons (Fsp3) is 0.143. The summed E-state index contributed by atoms with van der Waals surface area (Å²) < 4.78 is 0. The van der Waals surface area contributed by atoms with Crippen LogP contribution in [-0.4, -0.2) is 22.7 Å². The van der Waals surface area contributed by atoms with Crippen molar-refractivity contribution < 1.29 is 14.7 Å². The molecule has 0 saturated heterocycles. The van der Waals surface area contributed by atoms with Gasteiger partial charge in [0.1, 0.15) is 0 Å². The average molecular weight is 342 g/mol. The number of hydrogen-bond acceptors (Lipinski definition) is 4. The summed E-state index contributed by atoms with van der Waals surface area (Å²) >= 11 is 9.09. The van der Waals surface area contributed by atoms with Gasteiger partial charge in [0.05, 0.1) is 22.0 Å². The summed E-state index contributed by atoms with van der Waals surface area (Å²) in [5.74, 6) is -0.213. The summed E-state index contributed by atoms with van der Waals surface area (Å²) in [7, 11) is 0. The fourth-order valence-electron chi connectivity index (χ4n) is 1.58. The van der Waals surface area contributed by atoms with Crippen LogP contribution in [0.1, 0.15) is 15.2 Å². The minimum atomic E-state index is -1.06. The quantitative estimate of drug-likeness (QED) is 0.834. The zero-order chi connectivity index (χ0) is 15.2. The van der Waals surface area contributed by atoms with Crippen molar-refractivity contribution in [1.82, 2.24) is 0 Å². The van der Waals surface area contributed by atoms with Gasteiger partial charge >= 0.3 is 5.97 Å². The van der Waals surface area contributed by atoms with E-state index in [1.54, 1.807) is 11.3 Å². The maximum atomic E-state index is 11.8. The predicted octanol–water partition coefficient (Wildman–Crippen LogP) is 3.97. The maximum absolute atomic E-state index is 11.8. The first-order chi connectivity index (χ1) is 10.1. The Morgan fingerprint density at radius 3 is 2.81 bits per heavy atom. The molecule has 0 aliphatic carbocycles. The lowest BCUT2D eigenvalue weighted by Gasteiger charge is -2.08. The highest BCUT2D eigenvalue weighted by atomic mass is 35.5. The van der Waals surface area contributed by atoms with E-state index in [4.69, 9.17) is 16.7 Å². The topological polar surface area (TPSA) is 66.4 Å². The number of carboxylic acids is 1. The van der Waals surface area contributed by atoms with Crippen molar-refractivity contribution in [3.8, 4) is 0 Å². The van der Waals surface area contributed by atoms with Crippen LogP contribution in [0.25, 0.3) is 0 Å². The highest BCUT2D eigenvalue weighted by Crippen LogP contribution is 2.24. The standard InChI is InChI=1S/C14H12ClNO3S2/c15-11-4-3-9(14(18)19)6-12(11)16-13(17)8-20-7-10-2-1-5-21-10/h1-6H,7-8H2,(H,16,17)(H,18,19). The Morgan fingerprint density at radius 1 is 1.33 bits per heavy atom. The number of amides is 1. The number of anilines is 1. The number of benzene rings is 1. The molecule has 4 nitrogen and oxygen atoms in total. The third-order valence-corrected chi connectivity index (χ3v) is 4.92. The fourth-order valence-corrected chi connectivity index (χ4v) is 3.41. The van der Waals surface area contributed by atoms with Gasteiger partial charge in [-0.1, -0.05) is 17.7 Å². The molecule has 2 rings (SSSR count). The van der Waals surface area contributed by atoms with E-state index in [-0.39, 0.29) is 17.2 Å². The Kier molecular flexibility index (Phi) is 5.67. The van der Waals surface area contributed by atoms with Crippen LogP contribution >= 0.6 is 34.7 Å². The number of thiophene rings is 1. The Labute approximate surface area is 135 Å². The minimum absolute atomic E-state index is 0.0842. The second-order valence-corrected chi connectivity index (χ2v) is 6.55. The van der Waals surface area contributed by atoms with E-state index in [0.717, 1.165) is 5.75 Å². The minimum Gasteiger partial charge on any atom is -0.478 e. The van der Waals surface area contributed by atoms with Gasteiger partial charge in [0.25, 0.3) is 0 Å². The molecule has 0 bridgehead atoms. The van der Waals surface area contributed by atoms with Crippen molar-refractivity contribution in [2.75, 3.05) is 11.1 Å². The number of nitrogens with one attached hydrogen (secondary N) is 1. The average Bonchev–Trinajstić information content (AvgIpc) is 2.94. The molecule has 2 N–H and O–H groups in total. The Hall–Kier alpha value is -1.50. The van der Waals surface area contributed by atoms with Gasteiger partial charge in [-0.25, -0.2) is 4.79 Å². The second kappa shape index (κ2) is 7.49. The lowest BCUT2D eigenvalue weighted by atomic mass is 10.2. The van der Waals surface area contributed by atoms with E-state index in [2.05, 4.69) is 5.32 Å². The molecule has 0 saturated carbocycles. The number of rotatable bonds is 6. The van der Waals surface area contributed by atoms with Crippen molar-refractivity contribution >= 4 is 52.3 Å². The Morgan fingerprint density at radius 2 is 2.14 bits per heavy atom. The molecule has 0 radical (unpaired) electrons. The molecule has 0 aliphatic heterocycles. The van der Waals surface area contributed by atoms with Crippen LogP contribution in [0.15, 0.2) is 35.7 Å². The summed E-state index contributed by atoms with van der Waals surface area (Å²) in [5.41, 5.74) is 0.402. The molecule has 21 heavy (non-hydrogen) atoms. The first-order valence-electron chi connectivity index (χ1n) is 5.99. The van der Waals surface area contributed by atoms with Crippen LogP contribution in [0.4, 0.5) is 5.69 Å². The molecule has 1 aromatic heterocycles. The molecule has 0 aliphatic rings. The number of thioether (sulfide) groups is 1. The largest absolute Gasteiger partial charge is 0.478 e. The zero-order valence-electron chi connectivity index (χ0n) is 10.8. The lowest BCUT2D eigenvalue weighted by Crippen LogP contribution is -2.15. The van der Waals surface area contributed by atoms with Gasteiger partial charge in [0.15, 0.2) is 0 Å². The molecular weight excluding hydrogens is 330 g/mol. The first kappa shape index (κ1) is 15.9. The maximum Gasteiger partial charge on any atom is 0.335 e. The molecule has 7 heteroatoms. The van der Waals surface area contributed by atoms with Crippen LogP contribution in [0.3, 0.4) is 0 Å². The summed E-state index contributed by atoms with van der Waals surface area (Å²) in [6.07, 6.45) is 0. The van der Waals surface area contributed by atoms with Gasteiger partial charge in [-0.15, -0.1) is 23.1 Å². The van der Waals surface area contributed by atoms with Crippen LogP contribution in [-0.2, 0) is 10.5 Å².